The van der Waals surface area contributed by atoms with Crippen molar-refractivity contribution in [3.05, 3.63) is 28.8 Å². The highest BCUT2D eigenvalue weighted by Gasteiger charge is 2.10. The van der Waals surface area contributed by atoms with Gasteiger partial charge in [-0.2, -0.15) is 0 Å². The average molecular weight is 257 g/mol. The zero-order valence-corrected chi connectivity index (χ0v) is 10.5. The van der Waals surface area contributed by atoms with Crippen molar-refractivity contribution in [3.8, 4) is 5.75 Å². The smallest absolute Gasteiger partial charge is 0.252 e. The Hall–Kier alpha value is -1.26. The summed E-state index contributed by atoms with van der Waals surface area (Å²) in [5.74, 6) is -0.259. The van der Waals surface area contributed by atoms with Gasteiger partial charge in [-0.1, -0.05) is 11.6 Å². The van der Waals surface area contributed by atoms with Crippen LogP contribution in [0, 0.1) is 0 Å². The quantitative estimate of drug-likeness (QED) is 0.705. The molecule has 1 aromatic rings. The van der Waals surface area contributed by atoms with E-state index in [1.165, 1.54) is 18.2 Å². The highest BCUT2D eigenvalue weighted by molar-refractivity contribution is 6.33. The van der Waals surface area contributed by atoms with E-state index in [0.717, 1.165) is 12.8 Å². The normalized spacial score (nSPS) is 12.2. The molecule has 17 heavy (non-hydrogen) atoms. The molecule has 0 aliphatic carbocycles. The van der Waals surface area contributed by atoms with E-state index in [0.29, 0.717) is 11.6 Å². The molecular weight excluding hydrogens is 240 g/mol. The molecule has 0 heterocycles. The van der Waals surface area contributed by atoms with Crippen LogP contribution in [0.25, 0.3) is 0 Å². The Bertz CT molecular complexity index is 394. The second-order valence-corrected chi connectivity index (χ2v) is 4.45. The fourth-order valence-electron chi connectivity index (χ4n) is 1.41. The number of aromatic hydroxyl groups is 1. The minimum atomic E-state index is -0.282. The first-order valence-corrected chi connectivity index (χ1v) is 5.91. The average Bonchev–Trinajstić information content (AvgIpc) is 2.27. The number of hydrogen-bond donors (Lipinski definition) is 3. The lowest BCUT2D eigenvalue weighted by Crippen LogP contribution is -2.26. The number of benzene rings is 1. The molecule has 0 radical (unpaired) electrons. The van der Waals surface area contributed by atoms with Gasteiger partial charge < -0.3 is 16.2 Å². The van der Waals surface area contributed by atoms with Gasteiger partial charge in [-0.05, 0) is 38.0 Å². The number of halogens is 1. The lowest BCUT2D eigenvalue weighted by Gasteiger charge is -2.08. The van der Waals surface area contributed by atoms with Crippen molar-refractivity contribution in [2.75, 3.05) is 6.54 Å². The summed E-state index contributed by atoms with van der Waals surface area (Å²) in [6, 6.07) is 4.42. The molecule has 0 aromatic heterocycles. The zero-order chi connectivity index (χ0) is 12.8. The minimum absolute atomic E-state index is 0.0233. The van der Waals surface area contributed by atoms with E-state index < -0.39 is 0 Å². The van der Waals surface area contributed by atoms with Gasteiger partial charge >= 0.3 is 0 Å². The van der Waals surface area contributed by atoms with E-state index in [2.05, 4.69) is 5.32 Å². The number of phenols is 1. The molecule has 1 unspecified atom stereocenters. The van der Waals surface area contributed by atoms with E-state index >= 15 is 0 Å². The molecule has 0 aliphatic heterocycles. The molecule has 94 valence electrons. The summed E-state index contributed by atoms with van der Waals surface area (Å²) in [5, 5.41) is 12.3. The molecule has 0 saturated carbocycles. The van der Waals surface area contributed by atoms with E-state index in [1.807, 2.05) is 6.92 Å². The van der Waals surface area contributed by atoms with Crippen LogP contribution in [0.4, 0.5) is 0 Å². The van der Waals surface area contributed by atoms with E-state index in [-0.39, 0.29) is 23.3 Å². The van der Waals surface area contributed by atoms with Gasteiger partial charge in [-0.25, -0.2) is 0 Å². The van der Waals surface area contributed by atoms with Gasteiger partial charge in [0.2, 0.25) is 0 Å². The van der Waals surface area contributed by atoms with Gasteiger partial charge in [0.1, 0.15) is 5.75 Å². The molecule has 0 aliphatic rings. The molecule has 4 N–H and O–H groups in total. The Labute approximate surface area is 106 Å². The number of carbonyl (C=O) groups excluding carboxylic acids is 1. The number of hydrogen-bond acceptors (Lipinski definition) is 3. The summed E-state index contributed by atoms with van der Waals surface area (Å²) in [6.07, 6.45) is 1.67. The predicted octanol–water partition coefficient (Wildman–Crippen LogP) is 1.90. The Balaban J connectivity index is 2.49. The van der Waals surface area contributed by atoms with Crippen LogP contribution < -0.4 is 11.1 Å². The summed E-state index contributed by atoms with van der Waals surface area (Å²) >= 11 is 5.86. The van der Waals surface area contributed by atoms with Crippen LogP contribution in [-0.2, 0) is 0 Å². The Kier molecular flexibility index (Phi) is 5.25. The first kappa shape index (κ1) is 13.8. The standard InChI is InChI=1S/C12H17ClN2O2/c1-8(14)3-2-6-15-12(17)10-7-9(16)4-5-11(10)13/h4-5,7-8,16H,2-3,6,14H2,1H3,(H,15,17). The monoisotopic (exact) mass is 256 g/mol. The third-order valence-electron chi connectivity index (χ3n) is 2.32. The summed E-state index contributed by atoms with van der Waals surface area (Å²) in [4.78, 5) is 11.7. The third kappa shape index (κ3) is 4.63. The molecule has 4 nitrogen and oxygen atoms in total. The predicted molar refractivity (Wildman–Crippen MR) is 68.3 cm³/mol. The lowest BCUT2D eigenvalue weighted by atomic mass is 10.1. The van der Waals surface area contributed by atoms with Crippen LogP contribution in [0.5, 0.6) is 5.75 Å². The number of carbonyl (C=O) groups is 1. The maximum atomic E-state index is 11.7. The van der Waals surface area contributed by atoms with Crippen LogP contribution in [0.3, 0.4) is 0 Å². The van der Waals surface area contributed by atoms with Crippen molar-refractivity contribution >= 4 is 17.5 Å². The molecule has 0 fully saturated rings. The fraction of sp³-hybridized carbons (Fsp3) is 0.417. The zero-order valence-electron chi connectivity index (χ0n) is 9.74. The molecule has 1 amide bonds. The van der Waals surface area contributed by atoms with E-state index in [1.54, 1.807) is 0 Å². The van der Waals surface area contributed by atoms with Crippen molar-refractivity contribution in [1.82, 2.24) is 5.32 Å². The molecule has 0 bridgehead atoms. The van der Waals surface area contributed by atoms with Crippen LogP contribution in [0.1, 0.15) is 30.1 Å². The summed E-state index contributed by atoms with van der Waals surface area (Å²) in [5.41, 5.74) is 5.88. The first-order chi connectivity index (χ1) is 8.00. The van der Waals surface area contributed by atoms with Gasteiger partial charge in [0.05, 0.1) is 10.6 Å². The number of rotatable bonds is 5. The number of amides is 1. The van der Waals surface area contributed by atoms with Crippen LogP contribution >= 0.6 is 11.6 Å². The lowest BCUT2D eigenvalue weighted by molar-refractivity contribution is 0.0952. The van der Waals surface area contributed by atoms with Gasteiger partial charge in [0.15, 0.2) is 0 Å². The second kappa shape index (κ2) is 6.47. The molecule has 1 aromatic carbocycles. The topological polar surface area (TPSA) is 75.3 Å². The third-order valence-corrected chi connectivity index (χ3v) is 2.65. The largest absolute Gasteiger partial charge is 0.508 e. The molecular formula is C12H17ClN2O2. The fourth-order valence-corrected chi connectivity index (χ4v) is 1.61. The number of phenolic OH excluding ortho intramolecular Hbond substituents is 1. The maximum absolute atomic E-state index is 11.7. The highest BCUT2D eigenvalue weighted by atomic mass is 35.5. The van der Waals surface area contributed by atoms with Crippen molar-refractivity contribution in [2.45, 2.75) is 25.8 Å². The molecule has 5 heteroatoms. The van der Waals surface area contributed by atoms with Crippen molar-refractivity contribution in [1.29, 1.82) is 0 Å². The van der Waals surface area contributed by atoms with Gasteiger partial charge in [-0.3, -0.25) is 4.79 Å². The molecule has 0 saturated heterocycles. The first-order valence-electron chi connectivity index (χ1n) is 5.53. The number of nitrogens with one attached hydrogen (secondary N) is 1. The number of nitrogens with two attached hydrogens (primary N) is 1. The van der Waals surface area contributed by atoms with Crippen LogP contribution in [0.2, 0.25) is 5.02 Å². The van der Waals surface area contributed by atoms with Crippen molar-refractivity contribution in [2.24, 2.45) is 5.73 Å². The SMILES string of the molecule is CC(N)CCCNC(=O)c1cc(O)ccc1Cl. The van der Waals surface area contributed by atoms with Gasteiger partial charge in [-0.15, -0.1) is 0 Å². The molecule has 0 spiro atoms. The van der Waals surface area contributed by atoms with E-state index in [9.17, 15) is 9.90 Å². The molecule has 1 rings (SSSR count). The maximum Gasteiger partial charge on any atom is 0.252 e. The van der Waals surface area contributed by atoms with Crippen molar-refractivity contribution in [3.63, 3.8) is 0 Å². The highest BCUT2D eigenvalue weighted by Crippen LogP contribution is 2.20. The second-order valence-electron chi connectivity index (χ2n) is 4.04. The summed E-state index contributed by atoms with van der Waals surface area (Å²) in [7, 11) is 0. The van der Waals surface area contributed by atoms with Crippen molar-refractivity contribution < 1.29 is 9.90 Å². The van der Waals surface area contributed by atoms with Gasteiger partial charge in [0, 0.05) is 12.6 Å². The summed E-state index contributed by atoms with van der Waals surface area (Å²) in [6.45, 7) is 2.47. The molecule has 1 atom stereocenters. The van der Waals surface area contributed by atoms with Crippen LogP contribution in [0.15, 0.2) is 18.2 Å². The Morgan fingerprint density at radius 3 is 2.94 bits per heavy atom. The van der Waals surface area contributed by atoms with Gasteiger partial charge in [0.25, 0.3) is 5.91 Å². The summed E-state index contributed by atoms with van der Waals surface area (Å²) < 4.78 is 0. The van der Waals surface area contributed by atoms with E-state index in [4.69, 9.17) is 17.3 Å². The minimum Gasteiger partial charge on any atom is -0.508 e. The Morgan fingerprint density at radius 1 is 1.59 bits per heavy atom. The van der Waals surface area contributed by atoms with Crippen LogP contribution in [-0.4, -0.2) is 23.6 Å². The Morgan fingerprint density at radius 2 is 2.29 bits per heavy atom.